The van der Waals surface area contributed by atoms with E-state index in [0.29, 0.717) is 18.3 Å². The van der Waals surface area contributed by atoms with Gasteiger partial charge in [0.05, 0.1) is 24.3 Å². The first kappa shape index (κ1) is 17.8. The van der Waals surface area contributed by atoms with E-state index in [0.717, 1.165) is 36.9 Å². The molecule has 2 heterocycles. The second-order valence-electron chi connectivity index (χ2n) is 6.79. The zero-order chi connectivity index (χ0) is 18.6. The Hall–Kier alpha value is -2.61. The van der Waals surface area contributed by atoms with Crippen molar-refractivity contribution in [2.75, 3.05) is 11.9 Å². The first-order chi connectivity index (χ1) is 13.2. The number of aromatic nitrogens is 4. The van der Waals surface area contributed by atoms with E-state index in [-0.39, 0.29) is 18.1 Å². The molecule has 0 amide bonds. The molecule has 1 fully saturated rings. The predicted octanol–water partition coefficient (Wildman–Crippen LogP) is 3.61. The standard InChI is InChI=1S/C19H21F2N5O/c20-16-2-1-3-17(21)14(16)8-9-27-13-6-4-12(5-7-13)25-18-15-10-24-26-19(15)23-11-22-18/h1-3,10-13H,4-9H2,(H2,22,23,24,25,26)/t12-,13-. The highest BCUT2D eigenvalue weighted by atomic mass is 19.1. The number of fused-ring (bicyclic) bond motifs is 1. The lowest BCUT2D eigenvalue weighted by Crippen LogP contribution is -2.30. The van der Waals surface area contributed by atoms with Gasteiger partial charge in [0, 0.05) is 18.0 Å². The highest BCUT2D eigenvalue weighted by molar-refractivity contribution is 5.85. The molecule has 142 valence electrons. The number of anilines is 1. The van der Waals surface area contributed by atoms with E-state index in [1.54, 1.807) is 6.20 Å². The fourth-order valence-electron chi connectivity index (χ4n) is 3.55. The third-order valence-corrected chi connectivity index (χ3v) is 5.03. The van der Waals surface area contributed by atoms with Gasteiger partial charge in [-0.2, -0.15) is 5.10 Å². The van der Waals surface area contributed by atoms with Gasteiger partial charge in [-0.1, -0.05) is 6.07 Å². The molecule has 0 atom stereocenters. The summed E-state index contributed by atoms with van der Waals surface area (Å²) >= 11 is 0. The van der Waals surface area contributed by atoms with Gasteiger partial charge in [0.1, 0.15) is 23.8 Å². The van der Waals surface area contributed by atoms with E-state index < -0.39 is 11.6 Å². The van der Waals surface area contributed by atoms with E-state index >= 15 is 0 Å². The molecule has 0 spiro atoms. The summed E-state index contributed by atoms with van der Waals surface area (Å²) in [4.78, 5) is 8.44. The summed E-state index contributed by atoms with van der Waals surface area (Å²) in [6, 6.07) is 4.23. The lowest BCUT2D eigenvalue weighted by molar-refractivity contribution is 0.0277. The highest BCUT2D eigenvalue weighted by Crippen LogP contribution is 2.26. The molecule has 6 nitrogen and oxygen atoms in total. The number of rotatable bonds is 6. The van der Waals surface area contributed by atoms with Crippen molar-refractivity contribution in [1.82, 2.24) is 20.2 Å². The molecular formula is C19H21F2N5O. The number of hydrogen-bond donors (Lipinski definition) is 2. The van der Waals surface area contributed by atoms with Gasteiger partial charge in [0.15, 0.2) is 5.65 Å². The Kier molecular flexibility index (Phi) is 5.24. The topological polar surface area (TPSA) is 75.7 Å². The van der Waals surface area contributed by atoms with Crippen molar-refractivity contribution < 1.29 is 13.5 Å². The number of benzene rings is 1. The SMILES string of the molecule is Fc1cccc(F)c1CCO[C@H]1CC[C@H](Nc2ncnc3[nH]ncc23)CC1. The fraction of sp³-hybridized carbons (Fsp3) is 0.421. The van der Waals surface area contributed by atoms with Crippen LogP contribution in [0.25, 0.3) is 11.0 Å². The average Bonchev–Trinajstić information content (AvgIpc) is 3.15. The molecule has 0 aliphatic heterocycles. The maximum atomic E-state index is 13.6. The average molecular weight is 373 g/mol. The molecule has 2 aromatic heterocycles. The van der Waals surface area contributed by atoms with Crippen LogP contribution in [-0.2, 0) is 11.2 Å². The van der Waals surface area contributed by atoms with E-state index in [4.69, 9.17) is 4.74 Å². The predicted molar refractivity (Wildman–Crippen MR) is 97.4 cm³/mol. The van der Waals surface area contributed by atoms with Gasteiger partial charge in [-0.3, -0.25) is 5.10 Å². The number of H-pyrrole nitrogens is 1. The van der Waals surface area contributed by atoms with Gasteiger partial charge >= 0.3 is 0 Å². The third kappa shape index (κ3) is 4.05. The molecule has 0 radical (unpaired) electrons. The number of hydrogen-bond acceptors (Lipinski definition) is 5. The van der Waals surface area contributed by atoms with Crippen LogP contribution in [0.5, 0.6) is 0 Å². The molecule has 8 heteroatoms. The molecule has 2 N–H and O–H groups in total. The number of aromatic amines is 1. The van der Waals surface area contributed by atoms with Crippen LogP contribution in [-0.4, -0.2) is 38.9 Å². The maximum absolute atomic E-state index is 13.6. The lowest BCUT2D eigenvalue weighted by Gasteiger charge is -2.29. The van der Waals surface area contributed by atoms with Crippen molar-refractivity contribution in [1.29, 1.82) is 0 Å². The molecule has 27 heavy (non-hydrogen) atoms. The van der Waals surface area contributed by atoms with Crippen molar-refractivity contribution in [3.05, 3.63) is 47.9 Å². The zero-order valence-corrected chi connectivity index (χ0v) is 14.8. The maximum Gasteiger partial charge on any atom is 0.160 e. The van der Waals surface area contributed by atoms with Crippen LogP contribution < -0.4 is 5.32 Å². The monoisotopic (exact) mass is 373 g/mol. The van der Waals surface area contributed by atoms with Crippen LogP contribution in [0.15, 0.2) is 30.7 Å². The molecule has 3 aromatic rings. The van der Waals surface area contributed by atoms with Crippen molar-refractivity contribution in [2.45, 2.75) is 44.2 Å². The Bertz CT molecular complexity index is 888. The number of nitrogens with one attached hydrogen (secondary N) is 2. The van der Waals surface area contributed by atoms with Crippen LogP contribution in [0, 0.1) is 11.6 Å². The quantitative estimate of drug-likeness (QED) is 0.690. The second kappa shape index (κ2) is 7.96. The van der Waals surface area contributed by atoms with Crippen LogP contribution in [0.3, 0.4) is 0 Å². The highest BCUT2D eigenvalue weighted by Gasteiger charge is 2.23. The van der Waals surface area contributed by atoms with Crippen LogP contribution >= 0.6 is 0 Å². The van der Waals surface area contributed by atoms with Gasteiger partial charge in [-0.15, -0.1) is 0 Å². The molecular weight excluding hydrogens is 352 g/mol. The van der Waals surface area contributed by atoms with Crippen LogP contribution in [0.2, 0.25) is 0 Å². The summed E-state index contributed by atoms with van der Waals surface area (Å²) in [6.07, 6.45) is 7.29. The number of ether oxygens (including phenoxy) is 1. The number of halogens is 2. The summed E-state index contributed by atoms with van der Waals surface area (Å²) < 4.78 is 33.1. The Balaban J connectivity index is 1.25. The van der Waals surface area contributed by atoms with Gasteiger partial charge in [-0.25, -0.2) is 18.7 Å². The largest absolute Gasteiger partial charge is 0.378 e. The van der Waals surface area contributed by atoms with E-state index in [1.807, 2.05) is 0 Å². The van der Waals surface area contributed by atoms with Crippen LogP contribution in [0.4, 0.5) is 14.6 Å². The number of nitrogens with zero attached hydrogens (tertiary/aromatic N) is 3. The first-order valence-corrected chi connectivity index (χ1v) is 9.16. The molecule has 1 aliphatic carbocycles. The van der Waals surface area contributed by atoms with Gasteiger partial charge in [-0.05, 0) is 37.8 Å². The summed E-state index contributed by atoms with van der Waals surface area (Å²) in [5.74, 6) is -0.239. The molecule has 1 saturated carbocycles. The lowest BCUT2D eigenvalue weighted by atomic mass is 9.93. The minimum absolute atomic E-state index is 0.0979. The molecule has 0 unspecified atom stereocenters. The zero-order valence-electron chi connectivity index (χ0n) is 14.8. The van der Waals surface area contributed by atoms with Gasteiger partial charge in [0.2, 0.25) is 0 Å². The molecule has 1 aliphatic rings. The Morgan fingerprint density at radius 1 is 1.11 bits per heavy atom. The summed E-state index contributed by atoms with van der Waals surface area (Å²) in [6.45, 7) is 0.322. The molecule has 0 bridgehead atoms. The summed E-state index contributed by atoms with van der Waals surface area (Å²) in [5.41, 5.74) is 0.811. The van der Waals surface area contributed by atoms with E-state index in [9.17, 15) is 8.78 Å². The minimum atomic E-state index is -0.512. The Morgan fingerprint density at radius 2 is 1.89 bits per heavy atom. The summed E-state index contributed by atoms with van der Waals surface area (Å²) in [5, 5.41) is 11.2. The molecule has 4 rings (SSSR count). The third-order valence-electron chi connectivity index (χ3n) is 5.03. The van der Waals surface area contributed by atoms with Crippen molar-refractivity contribution >= 4 is 16.9 Å². The summed E-state index contributed by atoms with van der Waals surface area (Å²) in [7, 11) is 0. The van der Waals surface area contributed by atoms with Crippen LogP contribution in [0.1, 0.15) is 31.2 Å². The van der Waals surface area contributed by atoms with Gasteiger partial charge in [0.25, 0.3) is 0 Å². The molecule has 0 saturated heterocycles. The normalized spacial score (nSPS) is 20.1. The minimum Gasteiger partial charge on any atom is -0.378 e. The van der Waals surface area contributed by atoms with Crippen molar-refractivity contribution in [3.63, 3.8) is 0 Å². The Labute approximate surface area is 155 Å². The first-order valence-electron chi connectivity index (χ1n) is 9.16. The van der Waals surface area contributed by atoms with E-state index in [2.05, 4.69) is 25.5 Å². The second-order valence-corrected chi connectivity index (χ2v) is 6.79. The Morgan fingerprint density at radius 3 is 2.67 bits per heavy atom. The van der Waals surface area contributed by atoms with E-state index in [1.165, 1.54) is 24.5 Å². The fourth-order valence-corrected chi connectivity index (χ4v) is 3.55. The molecule has 1 aromatic carbocycles. The van der Waals surface area contributed by atoms with Gasteiger partial charge < -0.3 is 10.1 Å². The van der Waals surface area contributed by atoms with Crippen molar-refractivity contribution in [3.8, 4) is 0 Å². The van der Waals surface area contributed by atoms with Crippen molar-refractivity contribution in [2.24, 2.45) is 0 Å². The smallest absolute Gasteiger partial charge is 0.160 e.